The van der Waals surface area contributed by atoms with Crippen molar-refractivity contribution in [2.24, 2.45) is 0 Å². The number of nitrogens with one attached hydrogen (secondary N) is 2. The Balaban J connectivity index is 1.99. The van der Waals surface area contributed by atoms with E-state index in [0.29, 0.717) is 13.1 Å². The number of benzene rings is 2. The van der Waals surface area contributed by atoms with E-state index in [1.54, 1.807) is 14.0 Å². The molecule has 2 aromatic rings. The van der Waals surface area contributed by atoms with Crippen LogP contribution in [0.5, 0.6) is 5.75 Å². The third-order valence-corrected chi connectivity index (χ3v) is 4.01. The number of methoxy groups -OCH3 is 1. The van der Waals surface area contributed by atoms with Gasteiger partial charge in [0.15, 0.2) is 6.04 Å². The van der Waals surface area contributed by atoms with Crippen LogP contribution >= 0.6 is 0 Å². The van der Waals surface area contributed by atoms with Gasteiger partial charge in [0.25, 0.3) is 5.91 Å². The number of imide groups is 1. The number of rotatable bonds is 8. The molecule has 0 bridgehead atoms. The Morgan fingerprint density at radius 1 is 1.08 bits per heavy atom. The fourth-order valence-electron chi connectivity index (χ4n) is 2.66. The Morgan fingerprint density at radius 2 is 1.77 bits per heavy atom. The molecule has 0 saturated heterocycles. The van der Waals surface area contributed by atoms with Gasteiger partial charge in [-0.05, 0) is 24.6 Å². The topological polar surface area (TPSA) is 84.0 Å². The molecule has 0 saturated carbocycles. The largest absolute Gasteiger partial charge is 0.497 e. The van der Waals surface area contributed by atoms with Crippen molar-refractivity contribution in [3.63, 3.8) is 0 Å². The predicted octanol–water partition coefficient (Wildman–Crippen LogP) is 1.39. The number of amides is 3. The van der Waals surface area contributed by atoms with E-state index < -0.39 is 12.1 Å². The van der Waals surface area contributed by atoms with Crippen molar-refractivity contribution in [2.45, 2.75) is 19.4 Å². The van der Waals surface area contributed by atoms with E-state index in [0.717, 1.165) is 23.3 Å². The van der Waals surface area contributed by atoms with Gasteiger partial charge in [0.1, 0.15) is 5.75 Å². The van der Waals surface area contributed by atoms with Crippen LogP contribution in [0, 0.1) is 0 Å². The minimum atomic E-state index is -0.475. The molecule has 0 unspecified atom stereocenters. The highest BCUT2D eigenvalue weighted by Gasteiger charge is 2.25. The van der Waals surface area contributed by atoms with Crippen LogP contribution in [0.3, 0.4) is 0 Å². The van der Waals surface area contributed by atoms with Crippen molar-refractivity contribution in [3.05, 3.63) is 65.7 Å². The second kappa shape index (κ2) is 10.2. The van der Waals surface area contributed by atoms with E-state index >= 15 is 0 Å². The van der Waals surface area contributed by atoms with Crippen LogP contribution in [0.2, 0.25) is 0 Å². The summed E-state index contributed by atoms with van der Waals surface area (Å²) in [7, 11) is 1.64. The van der Waals surface area contributed by atoms with E-state index in [4.69, 9.17) is 4.74 Å². The molecule has 0 heterocycles. The fraction of sp³-hybridized carbons (Fsp3) is 0.300. The van der Waals surface area contributed by atoms with Gasteiger partial charge in [-0.2, -0.15) is 0 Å². The molecule has 2 rings (SSSR count). The van der Waals surface area contributed by atoms with E-state index in [-0.39, 0.29) is 5.91 Å². The Kier molecular flexibility index (Phi) is 7.64. The zero-order valence-corrected chi connectivity index (χ0v) is 15.2. The minimum Gasteiger partial charge on any atom is -0.497 e. The predicted molar refractivity (Wildman–Crippen MR) is 99.9 cm³/mol. The number of hydrogen-bond acceptors (Lipinski definition) is 3. The number of ether oxygens (including phenoxy) is 1. The van der Waals surface area contributed by atoms with Gasteiger partial charge in [-0.1, -0.05) is 42.5 Å². The first kappa shape index (κ1) is 19.5. The molecule has 0 aliphatic rings. The molecule has 0 aliphatic carbocycles. The molecule has 6 heteroatoms. The highest BCUT2D eigenvalue weighted by atomic mass is 16.5. The van der Waals surface area contributed by atoms with Gasteiger partial charge >= 0.3 is 6.03 Å². The molecular weight excluding hydrogens is 330 g/mol. The summed E-state index contributed by atoms with van der Waals surface area (Å²) in [5, 5.41) is 6.94. The first-order valence-corrected chi connectivity index (χ1v) is 8.74. The summed E-state index contributed by atoms with van der Waals surface area (Å²) in [5.41, 5.74) is 2.03. The van der Waals surface area contributed by atoms with E-state index in [1.807, 2.05) is 59.9 Å². The molecule has 26 heavy (non-hydrogen) atoms. The molecule has 0 aromatic heterocycles. The van der Waals surface area contributed by atoms with Crippen LogP contribution in [-0.2, 0) is 11.2 Å². The lowest BCUT2D eigenvalue weighted by atomic mass is 10.1. The molecule has 6 nitrogen and oxygen atoms in total. The Hall–Kier alpha value is -2.86. The second-order valence-electron chi connectivity index (χ2n) is 5.86. The van der Waals surface area contributed by atoms with Crippen LogP contribution in [0.15, 0.2) is 54.6 Å². The summed E-state index contributed by atoms with van der Waals surface area (Å²) in [4.78, 5) is 24.2. The number of urea groups is 1. The summed E-state index contributed by atoms with van der Waals surface area (Å²) in [6.45, 7) is 2.99. The summed E-state index contributed by atoms with van der Waals surface area (Å²) in [6.07, 6.45) is 0.807. The minimum absolute atomic E-state index is 0.322. The number of nitrogens with two attached hydrogens (primary N) is 1. The number of carbonyl (C=O) groups excluding carboxylic acids is 2. The van der Waals surface area contributed by atoms with Crippen LogP contribution < -0.4 is 20.7 Å². The van der Waals surface area contributed by atoms with Crippen molar-refractivity contribution in [2.75, 3.05) is 20.2 Å². The zero-order chi connectivity index (χ0) is 18.8. The summed E-state index contributed by atoms with van der Waals surface area (Å²) in [5.74, 6) is 0.498. The lowest BCUT2D eigenvalue weighted by Crippen LogP contribution is -2.88. The van der Waals surface area contributed by atoms with Crippen LogP contribution in [-0.4, -0.2) is 32.1 Å². The smallest absolute Gasteiger partial charge is 0.321 e. The first-order chi connectivity index (χ1) is 12.6. The standard InChI is InChI=1S/C20H25N3O3/c1-3-21-20(25)23-19(24)18(16-7-5-4-6-8-16)22-14-13-15-9-11-17(26-2)12-10-15/h4-12,18,22H,3,13-14H2,1-2H3,(H2,21,23,24,25)/p+1/t18-/m0/s1. The van der Waals surface area contributed by atoms with Crippen molar-refractivity contribution in [3.8, 4) is 5.75 Å². The average Bonchev–Trinajstić information content (AvgIpc) is 2.66. The normalized spacial score (nSPS) is 11.5. The van der Waals surface area contributed by atoms with Crippen molar-refractivity contribution < 1.29 is 19.6 Å². The maximum absolute atomic E-state index is 12.5. The second-order valence-corrected chi connectivity index (χ2v) is 5.86. The Bertz CT molecular complexity index is 702. The number of hydrogen-bond donors (Lipinski definition) is 3. The van der Waals surface area contributed by atoms with Gasteiger partial charge in [0.05, 0.1) is 13.7 Å². The summed E-state index contributed by atoms with van der Waals surface area (Å²) < 4.78 is 5.16. The maximum Gasteiger partial charge on any atom is 0.321 e. The zero-order valence-electron chi connectivity index (χ0n) is 15.2. The van der Waals surface area contributed by atoms with Crippen LogP contribution in [0.25, 0.3) is 0 Å². The van der Waals surface area contributed by atoms with Gasteiger partial charge in [0.2, 0.25) is 0 Å². The van der Waals surface area contributed by atoms with Crippen molar-refractivity contribution >= 4 is 11.9 Å². The van der Waals surface area contributed by atoms with Gasteiger partial charge in [-0.25, -0.2) is 4.79 Å². The molecule has 0 spiro atoms. The van der Waals surface area contributed by atoms with Crippen LogP contribution in [0.4, 0.5) is 4.79 Å². The van der Waals surface area contributed by atoms with E-state index in [9.17, 15) is 9.59 Å². The van der Waals surface area contributed by atoms with Crippen molar-refractivity contribution in [1.29, 1.82) is 0 Å². The summed E-state index contributed by atoms with van der Waals surface area (Å²) in [6, 6.07) is 16.4. The van der Waals surface area contributed by atoms with E-state index in [1.165, 1.54) is 0 Å². The summed E-state index contributed by atoms with van der Waals surface area (Å²) >= 11 is 0. The first-order valence-electron chi connectivity index (χ1n) is 8.74. The molecule has 0 radical (unpaired) electrons. The van der Waals surface area contributed by atoms with Gasteiger partial charge in [-0.15, -0.1) is 0 Å². The lowest BCUT2D eigenvalue weighted by molar-refractivity contribution is -0.682. The molecular formula is C20H26N3O3+. The van der Waals surface area contributed by atoms with Gasteiger partial charge in [-0.3, -0.25) is 10.1 Å². The van der Waals surface area contributed by atoms with Gasteiger partial charge in [0, 0.05) is 18.5 Å². The van der Waals surface area contributed by atoms with Gasteiger partial charge < -0.3 is 15.4 Å². The fourth-order valence-corrected chi connectivity index (χ4v) is 2.66. The SMILES string of the molecule is CCNC(=O)NC(=O)[C@@H]([NH2+]CCc1ccc(OC)cc1)c1ccccc1. The lowest BCUT2D eigenvalue weighted by Gasteiger charge is -2.15. The Labute approximate surface area is 153 Å². The van der Waals surface area contributed by atoms with Crippen molar-refractivity contribution in [1.82, 2.24) is 10.6 Å². The molecule has 0 fully saturated rings. The molecule has 138 valence electrons. The molecule has 0 aliphatic heterocycles. The maximum atomic E-state index is 12.5. The monoisotopic (exact) mass is 356 g/mol. The average molecular weight is 356 g/mol. The molecule has 2 aromatic carbocycles. The highest BCUT2D eigenvalue weighted by molar-refractivity contribution is 5.96. The van der Waals surface area contributed by atoms with E-state index in [2.05, 4.69) is 10.6 Å². The molecule has 4 N–H and O–H groups in total. The Morgan fingerprint density at radius 3 is 2.38 bits per heavy atom. The molecule has 1 atom stereocenters. The number of quaternary nitrogens is 1. The highest BCUT2D eigenvalue weighted by Crippen LogP contribution is 2.12. The molecule has 3 amide bonds. The third kappa shape index (κ3) is 5.89. The third-order valence-electron chi connectivity index (χ3n) is 4.01. The number of carbonyl (C=O) groups is 2. The quantitative estimate of drug-likeness (QED) is 0.668. The van der Waals surface area contributed by atoms with Crippen LogP contribution in [0.1, 0.15) is 24.1 Å².